The quantitative estimate of drug-likeness (QED) is 0.794. The van der Waals surface area contributed by atoms with Gasteiger partial charge >= 0.3 is 5.97 Å². The normalized spacial score (nSPS) is 17.7. The number of ether oxygens (including phenoxy) is 2. The molecule has 1 aromatic rings. The minimum absolute atomic E-state index is 0.0578. The molecule has 1 unspecified atom stereocenters. The first kappa shape index (κ1) is 15.4. The minimum atomic E-state index is -0.468. The van der Waals surface area contributed by atoms with Gasteiger partial charge in [-0.05, 0) is 43.9 Å². The number of amides is 1. The van der Waals surface area contributed by atoms with Gasteiger partial charge in [0.15, 0.2) is 6.61 Å². The van der Waals surface area contributed by atoms with E-state index in [2.05, 4.69) is 0 Å². The predicted molar refractivity (Wildman–Crippen MR) is 78.2 cm³/mol. The van der Waals surface area contributed by atoms with Crippen molar-refractivity contribution in [2.24, 2.45) is 0 Å². The third-order valence-electron chi connectivity index (χ3n) is 3.74. The van der Waals surface area contributed by atoms with E-state index in [0.29, 0.717) is 18.7 Å². The number of esters is 1. The van der Waals surface area contributed by atoms with Gasteiger partial charge in [0.25, 0.3) is 5.91 Å². The lowest BCUT2D eigenvalue weighted by molar-refractivity contribution is -0.151. The van der Waals surface area contributed by atoms with Crippen molar-refractivity contribution in [1.82, 2.24) is 4.90 Å². The molecule has 114 valence electrons. The average Bonchev–Trinajstić information content (AvgIpc) is 2.96. The molecule has 0 bridgehead atoms. The topological polar surface area (TPSA) is 55.8 Å². The Hall–Kier alpha value is -2.04. The molecule has 21 heavy (non-hydrogen) atoms. The zero-order valence-electron chi connectivity index (χ0n) is 12.7. The second-order valence-corrected chi connectivity index (χ2v) is 5.33. The summed E-state index contributed by atoms with van der Waals surface area (Å²) in [5.41, 5.74) is 2.07. The van der Waals surface area contributed by atoms with Crippen LogP contribution in [0.1, 0.15) is 24.0 Å². The summed E-state index contributed by atoms with van der Waals surface area (Å²) >= 11 is 0. The Labute approximate surface area is 124 Å². The van der Waals surface area contributed by atoms with Gasteiger partial charge in [-0.2, -0.15) is 0 Å². The molecule has 1 amide bonds. The van der Waals surface area contributed by atoms with Gasteiger partial charge in [-0.1, -0.05) is 12.1 Å². The number of aryl methyl sites for hydroxylation is 2. The SMILES string of the molecule is COC(=O)C1CCCN1C(=O)COc1cc(C)ccc1C. The van der Waals surface area contributed by atoms with E-state index in [1.54, 1.807) is 4.90 Å². The molecule has 0 aromatic heterocycles. The Morgan fingerprint density at radius 2 is 2.10 bits per heavy atom. The molecule has 1 aliphatic rings. The monoisotopic (exact) mass is 291 g/mol. The number of rotatable bonds is 4. The van der Waals surface area contributed by atoms with E-state index in [-0.39, 0.29) is 18.5 Å². The van der Waals surface area contributed by atoms with Crippen LogP contribution in [0.4, 0.5) is 0 Å². The van der Waals surface area contributed by atoms with Crippen molar-refractivity contribution in [2.75, 3.05) is 20.3 Å². The van der Waals surface area contributed by atoms with Gasteiger partial charge in [0.1, 0.15) is 11.8 Å². The van der Waals surface area contributed by atoms with Gasteiger partial charge in [0.05, 0.1) is 7.11 Å². The van der Waals surface area contributed by atoms with E-state index in [1.165, 1.54) is 7.11 Å². The number of likely N-dealkylation sites (tertiary alicyclic amines) is 1. The van der Waals surface area contributed by atoms with Gasteiger partial charge in [0, 0.05) is 6.54 Å². The Morgan fingerprint density at radius 3 is 2.81 bits per heavy atom. The summed E-state index contributed by atoms with van der Waals surface area (Å²) in [4.78, 5) is 25.4. The molecule has 0 spiro atoms. The van der Waals surface area contributed by atoms with E-state index < -0.39 is 6.04 Å². The van der Waals surface area contributed by atoms with E-state index >= 15 is 0 Å². The molecule has 0 radical (unpaired) electrons. The van der Waals surface area contributed by atoms with Crippen molar-refractivity contribution < 1.29 is 19.1 Å². The standard InChI is InChI=1S/C16H21NO4/c1-11-6-7-12(2)14(9-11)21-10-15(18)17-8-4-5-13(17)16(19)20-3/h6-7,9,13H,4-5,8,10H2,1-3H3. The van der Waals surface area contributed by atoms with Crippen molar-refractivity contribution >= 4 is 11.9 Å². The van der Waals surface area contributed by atoms with E-state index in [9.17, 15) is 9.59 Å². The lowest BCUT2D eigenvalue weighted by Crippen LogP contribution is -2.43. The highest BCUT2D eigenvalue weighted by Crippen LogP contribution is 2.21. The summed E-state index contributed by atoms with van der Waals surface area (Å²) in [5, 5.41) is 0. The first-order valence-electron chi connectivity index (χ1n) is 7.10. The fourth-order valence-corrected chi connectivity index (χ4v) is 2.53. The first-order valence-corrected chi connectivity index (χ1v) is 7.10. The van der Waals surface area contributed by atoms with Crippen LogP contribution in [-0.4, -0.2) is 43.1 Å². The Kier molecular flexibility index (Phi) is 4.83. The predicted octanol–water partition coefficient (Wildman–Crippen LogP) is 1.85. The Bertz CT molecular complexity index is 541. The zero-order chi connectivity index (χ0) is 15.4. The van der Waals surface area contributed by atoms with Crippen LogP contribution in [-0.2, 0) is 14.3 Å². The van der Waals surface area contributed by atoms with Crippen LogP contribution in [0.25, 0.3) is 0 Å². The third kappa shape index (κ3) is 3.54. The molecule has 1 aromatic carbocycles. The third-order valence-corrected chi connectivity index (χ3v) is 3.74. The molecular formula is C16H21NO4. The van der Waals surface area contributed by atoms with Crippen LogP contribution in [0.2, 0.25) is 0 Å². The molecule has 0 saturated carbocycles. The summed E-state index contributed by atoms with van der Waals surface area (Å²) in [5.74, 6) is 0.175. The highest BCUT2D eigenvalue weighted by atomic mass is 16.5. The number of nitrogens with zero attached hydrogens (tertiary/aromatic N) is 1. The number of carbonyl (C=O) groups excluding carboxylic acids is 2. The van der Waals surface area contributed by atoms with E-state index in [4.69, 9.17) is 9.47 Å². The maximum Gasteiger partial charge on any atom is 0.328 e. The van der Waals surface area contributed by atoms with Crippen molar-refractivity contribution in [3.05, 3.63) is 29.3 Å². The van der Waals surface area contributed by atoms with Gasteiger partial charge in [-0.25, -0.2) is 4.79 Å². The van der Waals surface area contributed by atoms with Gasteiger partial charge < -0.3 is 14.4 Å². The van der Waals surface area contributed by atoms with Gasteiger partial charge in [-0.3, -0.25) is 4.79 Å². The van der Waals surface area contributed by atoms with Crippen LogP contribution in [0.3, 0.4) is 0 Å². The number of hydrogen-bond acceptors (Lipinski definition) is 4. The lowest BCUT2D eigenvalue weighted by atomic mass is 10.1. The maximum atomic E-state index is 12.2. The van der Waals surface area contributed by atoms with Crippen LogP contribution in [0.5, 0.6) is 5.75 Å². The van der Waals surface area contributed by atoms with Crippen molar-refractivity contribution in [1.29, 1.82) is 0 Å². The fraction of sp³-hybridized carbons (Fsp3) is 0.500. The van der Waals surface area contributed by atoms with Crippen molar-refractivity contribution in [3.8, 4) is 5.75 Å². The molecule has 1 fully saturated rings. The first-order chi connectivity index (χ1) is 10.0. The maximum absolute atomic E-state index is 12.2. The summed E-state index contributed by atoms with van der Waals surface area (Å²) in [7, 11) is 1.34. The molecule has 1 aliphatic heterocycles. The van der Waals surface area contributed by atoms with Crippen molar-refractivity contribution in [3.63, 3.8) is 0 Å². The molecule has 5 heteroatoms. The summed E-state index contributed by atoms with van der Waals surface area (Å²) < 4.78 is 10.3. The largest absolute Gasteiger partial charge is 0.483 e. The van der Waals surface area contributed by atoms with Crippen LogP contribution >= 0.6 is 0 Å². The fourth-order valence-electron chi connectivity index (χ4n) is 2.53. The summed E-state index contributed by atoms with van der Waals surface area (Å²) in [6.45, 7) is 4.43. The lowest BCUT2D eigenvalue weighted by Gasteiger charge is -2.22. The Balaban J connectivity index is 1.98. The van der Waals surface area contributed by atoms with Crippen LogP contribution < -0.4 is 4.74 Å². The molecule has 1 saturated heterocycles. The molecule has 1 heterocycles. The molecule has 0 aliphatic carbocycles. The number of carbonyl (C=O) groups is 2. The zero-order valence-corrected chi connectivity index (χ0v) is 12.7. The van der Waals surface area contributed by atoms with Crippen LogP contribution in [0.15, 0.2) is 18.2 Å². The highest BCUT2D eigenvalue weighted by molar-refractivity contribution is 5.85. The smallest absolute Gasteiger partial charge is 0.328 e. The highest BCUT2D eigenvalue weighted by Gasteiger charge is 2.34. The molecule has 0 N–H and O–H groups in total. The molecule has 1 atom stereocenters. The van der Waals surface area contributed by atoms with Crippen LogP contribution in [0, 0.1) is 13.8 Å². The van der Waals surface area contributed by atoms with Crippen molar-refractivity contribution in [2.45, 2.75) is 32.7 Å². The number of methoxy groups -OCH3 is 1. The second-order valence-electron chi connectivity index (χ2n) is 5.33. The van der Waals surface area contributed by atoms with E-state index in [0.717, 1.165) is 17.5 Å². The number of benzene rings is 1. The second kappa shape index (κ2) is 6.61. The Morgan fingerprint density at radius 1 is 1.33 bits per heavy atom. The molecule has 2 rings (SSSR count). The molecular weight excluding hydrogens is 270 g/mol. The summed E-state index contributed by atoms with van der Waals surface area (Å²) in [6.07, 6.45) is 1.47. The van der Waals surface area contributed by atoms with Gasteiger partial charge in [-0.15, -0.1) is 0 Å². The summed E-state index contributed by atoms with van der Waals surface area (Å²) in [6, 6.07) is 5.40. The van der Waals surface area contributed by atoms with E-state index in [1.807, 2.05) is 32.0 Å². The van der Waals surface area contributed by atoms with Gasteiger partial charge in [0.2, 0.25) is 0 Å². The number of hydrogen-bond donors (Lipinski definition) is 0. The minimum Gasteiger partial charge on any atom is -0.483 e. The molecule has 5 nitrogen and oxygen atoms in total. The average molecular weight is 291 g/mol.